The predicted octanol–water partition coefficient (Wildman–Crippen LogP) is 0.185. The highest BCUT2D eigenvalue weighted by Crippen LogP contribution is 2.06. The van der Waals surface area contributed by atoms with Crippen LogP contribution in [0.5, 0.6) is 0 Å². The maximum Gasteiger partial charge on any atom is 0.305 e. The van der Waals surface area contributed by atoms with Crippen LogP contribution in [0, 0.1) is 11.3 Å². The van der Waals surface area contributed by atoms with Crippen molar-refractivity contribution in [2.24, 2.45) is 0 Å². The molecule has 6 heteroatoms. The van der Waals surface area contributed by atoms with Gasteiger partial charge in [-0.3, -0.25) is 4.79 Å². The number of nitrogens with zero attached hydrogens (tertiary/aromatic N) is 4. The number of hydrogen-bond acceptors (Lipinski definition) is 4. The normalized spacial score (nSPS) is 12.0. The first kappa shape index (κ1) is 9.19. The van der Waals surface area contributed by atoms with Gasteiger partial charge >= 0.3 is 5.97 Å². The number of rotatable bonds is 3. The van der Waals surface area contributed by atoms with Crippen LogP contribution in [0.4, 0.5) is 0 Å². The van der Waals surface area contributed by atoms with Gasteiger partial charge in [0.1, 0.15) is 6.07 Å². The number of carboxylic acid groups (broad SMARTS) is 1. The molecule has 1 atom stereocenters. The smallest absolute Gasteiger partial charge is 0.305 e. The number of carboxylic acids is 1. The Kier molecular flexibility index (Phi) is 2.59. The minimum Gasteiger partial charge on any atom is -0.481 e. The van der Waals surface area contributed by atoms with Gasteiger partial charge in [0.05, 0.1) is 18.7 Å². The van der Waals surface area contributed by atoms with E-state index in [0.717, 1.165) is 0 Å². The van der Waals surface area contributed by atoms with Gasteiger partial charge in [-0.2, -0.15) is 15.2 Å². The summed E-state index contributed by atoms with van der Waals surface area (Å²) in [6, 6.07) is 1.48. The molecule has 1 aromatic heterocycles. The van der Waals surface area contributed by atoms with E-state index in [2.05, 4.69) is 10.2 Å². The van der Waals surface area contributed by atoms with Crippen LogP contribution in [0.2, 0.25) is 0 Å². The Bertz CT molecular complexity index is 352. The van der Waals surface area contributed by atoms with E-state index in [9.17, 15) is 4.79 Å². The molecule has 0 amide bonds. The van der Waals surface area contributed by atoms with E-state index in [1.807, 2.05) is 6.07 Å². The number of aromatic nitrogens is 3. The standard InChI is InChI=1S/C7H8N4O2/c1-5(2-7(12)13)11-9-4-6(3-8)10-11/h4-5H,2H2,1H3,(H,12,13). The Morgan fingerprint density at radius 2 is 2.62 bits per heavy atom. The van der Waals surface area contributed by atoms with Crippen LogP contribution in [0.25, 0.3) is 0 Å². The molecule has 0 radical (unpaired) electrons. The molecule has 0 fully saturated rings. The minimum absolute atomic E-state index is 0.0560. The summed E-state index contributed by atoms with van der Waals surface area (Å²) in [6.07, 6.45) is 1.25. The van der Waals surface area contributed by atoms with Crippen molar-refractivity contribution in [3.05, 3.63) is 11.9 Å². The lowest BCUT2D eigenvalue weighted by molar-refractivity contribution is -0.137. The number of hydrogen-bond donors (Lipinski definition) is 1. The summed E-state index contributed by atoms with van der Waals surface area (Å²) in [5.74, 6) is -0.914. The van der Waals surface area contributed by atoms with E-state index >= 15 is 0 Å². The van der Waals surface area contributed by atoms with Crippen LogP contribution >= 0.6 is 0 Å². The highest BCUT2D eigenvalue weighted by atomic mass is 16.4. The van der Waals surface area contributed by atoms with Gasteiger partial charge in [-0.15, -0.1) is 5.10 Å². The number of nitriles is 1. The molecule has 0 spiro atoms. The fourth-order valence-electron chi connectivity index (χ4n) is 0.874. The van der Waals surface area contributed by atoms with E-state index in [1.54, 1.807) is 6.92 Å². The molecule has 13 heavy (non-hydrogen) atoms. The summed E-state index contributed by atoms with van der Waals surface area (Å²) >= 11 is 0. The lowest BCUT2D eigenvalue weighted by Gasteiger charge is -2.05. The Hall–Kier alpha value is -1.90. The Morgan fingerprint density at radius 1 is 1.92 bits per heavy atom. The molecule has 0 saturated carbocycles. The van der Waals surface area contributed by atoms with Gasteiger partial charge in [-0.1, -0.05) is 0 Å². The van der Waals surface area contributed by atoms with Crippen molar-refractivity contribution < 1.29 is 9.90 Å². The highest BCUT2D eigenvalue weighted by molar-refractivity contribution is 5.67. The molecule has 1 N–H and O–H groups in total. The van der Waals surface area contributed by atoms with Crippen molar-refractivity contribution in [1.82, 2.24) is 15.0 Å². The van der Waals surface area contributed by atoms with Crippen molar-refractivity contribution in [2.45, 2.75) is 19.4 Å². The second-order valence-electron chi connectivity index (χ2n) is 2.61. The van der Waals surface area contributed by atoms with Gasteiger partial charge in [0.2, 0.25) is 0 Å². The Balaban J connectivity index is 2.72. The zero-order valence-corrected chi connectivity index (χ0v) is 7.01. The molecule has 0 bridgehead atoms. The zero-order chi connectivity index (χ0) is 9.84. The fourth-order valence-corrected chi connectivity index (χ4v) is 0.874. The molecule has 1 heterocycles. The van der Waals surface area contributed by atoms with E-state index in [0.29, 0.717) is 0 Å². The summed E-state index contributed by atoms with van der Waals surface area (Å²) in [5, 5.41) is 24.4. The van der Waals surface area contributed by atoms with Gasteiger partial charge in [0.25, 0.3) is 0 Å². The summed E-state index contributed by atoms with van der Waals surface area (Å²) in [6.45, 7) is 1.68. The van der Waals surface area contributed by atoms with E-state index in [4.69, 9.17) is 10.4 Å². The Labute approximate surface area is 74.4 Å². The zero-order valence-electron chi connectivity index (χ0n) is 7.01. The van der Waals surface area contributed by atoms with Crippen molar-refractivity contribution >= 4 is 5.97 Å². The van der Waals surface area contributed by atoms with Gasteiger partial charge < -0.3 is 5.11 Å². The average Bonchev–Trinajstić information content (AvgIpc) is 2.50. The lowest BCUT2D eigenvalue weighted by atomic mass is 10.2. The summed E-state index contributed by atoms with van der Waals surface area (Å²) in [7, 11) is 0. The number of carbonyl (C=O) groups is 1. The average molecular weight is 180 g/mol. The van der Waals surface area contributed by atoms with Crippen LogP contribution in [0.15, 0.2) is 6.20 Å². The quantitative estimate of drug-likeness (QED) is 0.716. The molecule has 0 aliphatic rings. The summed E-state index contributed by atoms with van der Waals surface area (Å²) < 4.78 is 0. The SMILES string of the molecule is CC(CC(=O)O)n1ncc(C#N)n1. The van der Waals surface area contributed by atoms with Crippen LogP contribution in [-0.2, 0) is 4.79 Å². The fraction of sp³-hybridized carbons (Fsp3) is 0.429. The van der Waals surface area contributed by atoms with Crippen molar-refractivity contribution in [1.29, 1.82) is 5.26 Å². The van der Waals surface area contributed by atoms with Crippen molar-refractivity contribution in [2.75, 3.05) is 0 Å². The molecule has 0 aliphatic carbocycles. The third-order valence-electron chi connectivity index (χ3n) is 1.49. The van der Waals surface area contributed by atoms with Gasteiger partial charge in [-0.05, 0) is 6.92 Å². The van der Waals surface area contributed by atoms with Gasteiger partial charge in [0.15, 0.2) is 5.69 Å². The molecule has 1 rings (SSSR count). The second kappa shape index (κ2) is 3.67. The summed E-state index contributed by atoms with van der Waals surface area (Å²) in [4.78, 5) is 11.6. The Morgan fingerprint density at radius 3 is 3.08 bits per heavy atom. The van der Waals surface area contributed by atoms with Crippen LogP contribution in [0.1, 0.15) is 25.1 Å². The van der Waals surface area contributed by atoms with Crippen molar-refractivity contribution in [3.63, 3.8) is 0 Å². The first-order chi connectivity index (χ1) is 6.13. The monoisotopic (exact) mass is 180 g/mol. The van der Waals surface area contributed by atoms with E-state index in [1.165, 1.54) is 11.0 Å². The van der Waals surface area contributed by atoms with Crippen molar-refractivity contribution in [3.8, 4) is 6.07 Å². The molecule has 0 aromatic carbocycles. The molecule has 0 saturated heterocycles. The minimum atomic E-state index is -0.914. The maximum absolute atomic E-state index is 10.3. The third kappa shape index (κ3) is 2.27. The number of aliphatic carboxylic acids is 1. The van der Waals surface area contributed by atoms with E-state index < -0.39 is 5.97 Å². The van der Waals surface area contributed by atoms with Crippen LogP contribution < -0.4 is 0 Å². The molecule has 6 nitrogen and oxygen atoms in total. The molecule has 1 aromatic rings. The van der Waals surface area contributed by atoms with E-state index in [-0.39, 0.29) is 18.2 Å². The van der Waals surface area contributed by atoms with Crippen LogP contribution in [0.3, 0.4) is 0 Å². The summed E-state index contributed by atoms with van der Waals surface area (Å²) in [5.41, 5.74) is 0.192. The van der Waals surface area contributed by atoms with Gasteiger partial charge in [0, 0.05) is 0 Å². The topological polar surface area (TPSA) is 91.8 Å². The van der Waals surface area contributed by atoms with Gasteiger partial charge in [-0.25, -0.2) is 0 Å². The highest BCUT2D eigenvalue weighted by Gasteiger charge is 2.11. The molecule has 68 valence electrons. The maximum atomic E-state index is 10.3. The molecular formula is C7H8N4O2. The molecule has 0 aliphatic heterocycles. The molecular weight excluding hydrogens is 172 g/mol. The molecule has 1 unspecified atom stereocenters. The third-order valence-corrected chi connectivity index (χ3v) is 1.49. The lowest BCUT2D eigenvalue weighted by Crippen LogP contribution is -2.13. The second-order valence-corrected chi connectivity index (χ2v) is 2.61. The van der Waals surface area contributed by atoms with Crippen LogP contribution in [-0.4, -0.2) is 26.1 Å². The first-order valence-electron chi connectivity index (χ1n) is 3.67. The first-order valence-corrected chi connectivity index (χ1v) is 3.67. The largest absolute Gasteiger partial charge is 0.481 e. The predicted molar refractivity (Wildman–Crippen MR) is 41.7 cm³/mol.